The molecule has 1 fully saturated rings. The molecule has 4 rings (SSSR count). The van der Waals surface area contributed by atoms with Crippen LogP contribution in [0, 0.1) is 11.6 Å². The molecular formula is C22H27F2N3O. The molecule has 0 atom stereocenters. The fraction of sp³-hybridized carbons (Fsp3) is 0.500. The van der Waals surface area contributed by atoms with E-state index in [2.05, 4.69) is 15.7 Å². The van der Waals surface area contributed by atoms with Gasteiger partial charge in [0.2, 0.25) is 0 Å². The van der Waals surface area contributed by atoms with Crippen molar-refractivity contribution >= 4 is 11.5 Å². The van der Waals surface area contributed by atoms with E-state index in [0.29, 0.717) is 12.1 Å². The van der Waals surface area contributed by atoms with E-state index in [1.54, 1.807) is 0 Å². The Morgan fingerprint density at radius 2 is 1.71 bits per heavy atom. The van der Waals surface area contributed by atoms with E-state index < -0.39 is 11.6 Å². The van der Waals surface area contributed by atoms with Crippen LogP contribution in [-0.4, -0.2) is 48.0 Å². The quantitative estimate of drug-likeness (QED) is 0.704. The molecule has 2 aromatic rings. The van der Waals surface area contributed by atoms with E-state index in [1.165, 1.54) is 17.8 Å². The van der Waals surface area contributed by atoms with Crippen molar-refractivity contribution in [2.45, 2.75) is 38.6 Å². The molecule has 150 valence electrons. The molecule has 6 heteroatoms. The summed E-state index contributed by atoms with van der Waals surface area (Å²) >= 11 is 0. The first-order valence-corrected chi connectivity index (χ1v) is 10.3. The number of nitrogens with zero attached hydrogens (tertiary/aromatic N) is 3. The minimum atomic E-state index is -0.534. The van der Waals surface area contributed by atoms with Crippen LogP contribution in [0.4, 0.5) is 14.5 Å². The smallest absolute Gasteiger partial charge is 0.164 e. The fourth-order valence-corrected chi connectivity index (χ4v) is 4.37. The van der Waals surface area contributed by atoms with E-state index in [9.17, 15) is 13.6 Å². The van der Waals surface area contributed by atoms with Crippen molar-refractivity contribution < 1.29 is 13.6 Å². The molecule has 1 aliphatic heterocycles. The summed E-state index contributed by atoms with van der Waals surface area (Å²) in [5.41, 5.74) is 2.63. The van der Waals surface area contributed by atoms with Crippen molar-refractivity contribution in [3.05, 3.63) is 53.4 Å². The standard InChI is InChI=1S/C22H27F2N3O/c23-17-6-7-21(19(24)16-17)27-14-12-25(13-15-27)9-1-2-10-26-11-8-18-20(26)4-3-5-22(18)28/h6-8,11,16H,1-5,9-10,12-15H2. The first kappa shape index (κ1) is 19.1. The summed E-state index contributed by atoms with van der Waals surface area (Å²) in [4.78, 5) is 16.3. The number of rotatable bonds is 6. The Bertz CT molecular complexity index is 840. The highest BCUT2D eigenvalue weighted by atomic mass is 19.1. The van der Waals surface area contributed by atoms with Crippen LogP contribution in [0.2, 0.25) is 0 Å². The minimum Gasteiger partial charge on any atom is -0.367 e. The van der Waals surface area contributed by atoms with Gasteiger partial charge in [0, 0.05) is 62.7 Å². The molecule has 1 saturated heterocycles. The molecule has 1 aromatic heterocycles. The maximum absolute atomic E-state index is 13.9. The molecule has 1 aromatic carbocycles. The lowest BCUT2D eigenvalue weighted by atomic mass is 9.97. The lowest BCUT2D eigenvalue weighted by Gasteiger charge is -2.36. The maximum Gasteiger partial charge on any atom is 0.164 e. The van der Waals surface area contributed by atoms with Gasteiger partial charge in [-0.3, -0.25) is 9.69 Å². The number of Topliss-reactive ketones (excluding diaryl/α,β-unsaturated/α-hetero) is 1. The summed E-state index contributed by atoms with van der Waals surface area (Å²) < 4.78 is 29.3. The van der Waals surface area contributed by atoms with Crippen molar-refractivity contribution in [3.63, 3.8) is 0 Å². The Balaban J connectivity index is 1.21. The van der Waals surface area contributed by atoms with Crippen molar-refractivity contribution in [1.82, 2.24) is 9.47 Å². The molecule has 0 radical (unpaired) electrons. The SMILES string of the molecule is O=C1CCCc2c1ccn2CCCCN1CCN(c2ccc(F)cc2F)CC1. The van der Waals surface area contributed by atoms with E-state index in [0.717, 1.165) is 76.6 Å². The Kier molecular flexibility index (Phi) is 5.76. The number of halogens is 2. The second-order valence-corrected chi connectivity index (χ2v) is 7.78. The highest BCUT2D eigenvalue weighted by Crippen LogP contribution is 2.23. The van der Waals surface area contributed by atoms with Crippen LogP contribution in [0.5, 0.6) is 0 Å². The largest absolute Gasteiger partial charge is 0.367 e. The van der Waals surface area contributed by atoms with Crippen molar-refractivity contribution in [2.75, 3.05) is 37.6 Å². The molecule has 2 aliphatic rings. The van der Waals surface area contributed by atoms with Gasteiger partial charge in [-0.25, -0.2) is 8.78 Å². The van der Waals surface area contributed by atoms with Gasteiger partial charge in [0.25, 0.3) is 0 Å². The Labute approximate surface area is 164 Å². The van der Waals surface area contributed by atoms with Gasteiger partial charge < -0.3 is 9.47 Å². The summed E-state index contributed by atoms with van der Waals surface area (Å²) in [5, 5.41) is 0. The summed E-state index contributed by atoms with van der Waals surface area (Å²) in [6, 6.07) is 5.78. The zero-order chi connectivity index (χ0) is 19.5. The molecule has 4 nitrogen and oxygen atoms in total. The van der Waals surface area contributed by atoms with Gasteiger partial charge >= 0.3 is 0 Å². The van der Waals surface area contributed by atoms with Crippen LogP contribution in [0.15, 0.2) is 30.5 Å². The number of hydrogen-bond acceptors (Lipinski definition) is 3. The topological polar surface area (TPSA) is 28.5 Å². The Morgan fingerprint density at radius 3 is 2.50 bits per heavy atom. The predicted octanol–water partition coefficient (Wildman–Crippen LogP) is 3.89. The van der Waals surface area contributed by atoms with E-state index in [4.69, 9.17) is 0 Å². The number of ketones is 1. The number of carbonyl (C=O) groups excluding carboxylic acids is 1. The number of piperazine rings is 1. The molecule has 0 saturated carbocycles. The predicted molar refractivity (Wildman–Crippen MR) is 106 cm³/mol. The van der Waals surface area contributed by atoms with E-state index in [-0.39, 0.29) is 5.78 Å². The second-order valence-electron chi connectivity index (χ2n) is 7.78. The van der Waals surface area contributed by atoms with Gasteiger partial charge in [-0.1, -0.05) is 0 Å². The molecule has 0 amide bonds. The lowest BCUT2D eigenvalue weighted by molar-refractivity contribution is 0.0971. The highest BCUT2D eigenvalue weighted by molar-refractivity contribution is 5.98. The summed E-state index contributed by atoms with van der Waals surface area (Å²) in [6.07, 6.45) is 6.91. The van der Waals surface area contributed by atoms with Crippen molar-refractivity contribution in [3.8, 4) is 0 Å². The van der Waals surface area contributed by atoms with E-state index in [1.807, 2.05) is 11.0 Å². The minimum absolute atomic E-state index is 0.287. The number of aryl methyl sites for hydroxylation is 1. The number of anilines is 1. The fourth-order valence-electron chi connectivity index (χ4n) is 4.37. The van der Waals surface area contributed by atoms with Gasteiger partial charge in [0.15, 0.2) is 5.78 Å². The molecule has 0 spiro atoms. The first-order chi connectivity index (χ1) is 13.6. The number of fused-ring (bicyclic) bond motifs is 1. The lowest BCUT2D eigenvalue weighted by Crippen LogP contribution is -2.46. The number of carbonyl (C=O) groups is 1. The van der Waals surface area contributed by atoms with Crippen LogP contribution in [-0.2, 0) is 13.0 Å². The molecule has 0 N–H and O–H groups in total. The first-order valence-electron chi connectivity index (χ1n) is 10.3. The molecule has 1 aliphatic carbocycles. The zero-order valence-corrected chi connectivity index (χ0v) is 16.2. The molecule has 0 unspecified atom stereocenters. The molecule has 0 bridgehead atoms. The monoisotopic (exact) mass is 387 g/mol. The van der Waals surface area contributed by atoms with Gasteiger partial charge in [0.1, 0.15) is 11.6 Å². The van der Waals surface area contributed by atoms with Gasteiger partial charge in [-0.05, 0) is 50.4 Å². The van der Waals surface area contributed by atoms with Crippen molar-refractivity contribution in [1.29, 1.82) is 0 Å². The van der Waals surface area contributed by atoms with Gasteiger partial charge in [0.05, 0.1) is 5.69 Å². The van der Waals surface area contributed by atoms with Crippen LogP contribution in [0.25, 0.3) is 0 Å². The second kappa shape index (κ2) is 8.43. The average molecular weight is 387 g/mol. The third kappa shape index (κ3) is 4.12. The summed E-state index contributed by atoms with van der Waals surface area (Å²) in [6.45, 7) is 5.30. The molecular weight excluding hydrogens is 360 g/mol. The zero-order valence-electron chi connectivity index (χ0n) is 16.2. The molecule has 2 heterocycles. The van der Waals surface area contributed by atoms with Crippen molar-refractivity contribution in [2.24, 2.45) is 0 Å². The number of aromatic nitrogens is 1. The van der Waals surface area contributed by atoms with E-state index >= 15 is 0 Å². The Hall–Kier alpha value is -2.21. The highest BCUT2D eigenvalue weighted by Gasteiger charge is 2.21. The Morgan fingerprint density at radius 1 is 0.929 bits per heavy atom. The van der Waals surface area contributed by atoms with Crippen LogP contribution >= 0.6 is 0 Å². The van der Waals surface area contributed by atoms with Gasteiger partial charge in [-0.15, -0.1) is 0 Å². The molecule has 28 heavy (non-hydrogen) atoms. The maximum atomic E-state index is 13.9. The van der Waals surface area contributed by atoms with Crippen LogP contribution in [0.1, 0.15) is 41.7 Å². The normalized spacial score (nSPS) is 17.8. The van der Waals surface area contributed by atoms with Crippen LogP contribution < -0.4 is 4.90 Å². The average Bonchev–Trinajstić information content (AvgIpc) is 3.10. The third-order valence-electron chi connectivity index (χ3n) is 5.94. The number of benzene rings is 1. The van der Waals surface area contributed by atoms with Crippen LogP contribution in [0.3, 0.4) is 0 Å². The number of unbranched alkanes of at least 4 members (excludes halogenated alkanes) is 1. The number of hydrogen-bond donors (Lipinski definition) is 0. The summed E-state index contributed by atoms with van der Waals surface area (Å²) in [7, 11) is 0. The van der Waals surface area contributed by atoms with Gasteiger partial charge in [-0.2, -0.15) is 0 Å². The third-order valence-corrected chi connectivity index (χ3v) is 5.94. The summed E-state index contributed by atoms with van der Waals surface area (Å²) in [5.74, 6) is -0.731.